The van der Waals surface area contributed by atoms with Gasteiger partial charge in [0.15, 0.2) is 0 Å². The first kappa shape index (κ1) is 22.0. The van der Waals surface area contributed by atoms with E-state index < -0.39 is 0 Å². The first-order valence-electron chi connectivity index (χ1n) is 12.5. The number of aliphatic hydroxyl groups excluding tert-OH is 1. The van der Waals surface area contributed by atoms with Crippen molar-refractivity contribution in [2.75, 3.05) is 29.9 Å². The van der Waals surface area contributed by atoms with Gasteiger partial charge in [0, 0.05) is 60.8 Å². The normalized spacial score (nSPS) is 20.0. The molecule has 1 atom stereocenters. The van der Waals surface area contributed by atoms with Crippen molar-refractivity contribution < 1.29 is 5.11 Å². The van der Waals surface area contributed by atoms with Gasteiger partial charge in [0.2, 0.25) is 0 Å². The molecule has 1 unspecified atom stereocenters. The lowest BCUT2D eigenvalue weighted by Crippen LogP contribution is -2.36. The molecule has 33 heavy (non-hydrogen) atoms. The summed E-state index contributed by atoms with van der Waals surface area (Å²) >= 11 is 0. The molecule has 6 heteroatoms. The Labute approximate surface area is 195 Å². The van der Waals surface area contributed by atoms with Crippen molar-refractivity contribution in [3.63, 3.8) is 0 Å². The fourth-order valence-electron chi connectivity index (χ4n) is 5.47. The monoisotopic (exact) mass is 446 g/mol. The summed E-state index contributed by atoms with van der Waals surface area (Å²) in [7, 11) is 0. The molecule has 1 aliphatic carbocycles. The Hall–Kier alpha value is -2.86. The zero-order valence-corrected chi connectivity index (χ0v) is 19.2. The van der Waals surface area contributed by atoms with Crippen LogP contribution in [0, 0.1) is 5.92 Å². The van der Waals surface area contributed by atoms with Gasteiger partial charge in [0.25, 0.3) is 5.56 Å². The van der Waals surface area contributed by atoms with Gasteiger partial charge in [-0.05, 0) is 61.9 Å². The zero-order valence-electron chi connectivity index (χ0n) is 19.2. The molecule has 1 saturated heterocycles. The zero-order chi connectivity index (χ0) is 22.6. The van der Waals surface area contributed by atoms with E-state index in [1.807, 2.05) is 22.9 Å². The third-order valence-electron chi connectivity index (χ3n) is 7.29. The van der Waals surface area contributed by atoms with Crippen LogP contribution in [0.5, 0.6) is 0 Å². The number of aromatic nitrogens is 2. The highest BCUT2D eigenvalue weighted by Crippen LogP contribution is 2.30. The maximum absolute atomic E-state index is 12.8. The van der Waals surface area contributed by atoms with Crippen molar-refractivity contribution in [3.8, 4) is 0 Å². The van der Waals surface area contributed by atoms with Gasteiger partial charge >= 0.3 is 0 Å². The smallest absolute Gasteiger partial charge is 0.251 e. The van der Waals surface area contributed by atoms with Gasteiger partial charge in [0.1, 0.15) is 5.82 Å². The van der Waals surface area contributed by atoms with Crippen LogP contribution in [0.2, 0.25) is 0 Å². The van der Waals surface area contributed by atoms with Crippen molar-refractivity contribution in [1.29, 1.82) is 0 Å². The third kappa shape index (κ3) is 4.91. The molecule has 2 N–H and O–H groups in total. The third-order valence-corrected chi connectivity index (χ3v) is 7.29. The molecule has 2 aromatic heterocycles. The maximum Gasteiger partial charge on any atom is 0.251 e. The second kappa shape index (κ2) is 9.96. The van der Waals surface area contributed by atoms with E-state index >= 15 is 0 Å². The Kier molecular flexibility index (Phi) is 6.63. The van der Waals surface area contributed by atoms with E-state index in [0.717, 1.165) is 61.2 Å². The van der Waals surface area contributed by atoms with Gasteiger partial charge < -0.3 is 19.9 Å². The van der Waals surface area contributed by atoms with Gasteiger partial charge in [-0.1, -0.05) is 25.7 Å². The quantitative estimate of drug-likeness (QED) is 0.524. The highest BCUT2D eigenvalue weighted by Gasteiger charge is 2.20. The van der Waals surface area contributed by atoms with E-state index in [-0.39, 0.29) is 18.2 Å². The Morgan fingerprint density at radius 1 is 0.970 bits per heavy atom. The van der Waals surface area contributed by atoms with E-state index in [1.54, 1.807) is 6.07 Å². The molecule has 0 radical (unpaired) electrons. The first-order chi connectivity index (χ1) is 16.2. The molecule has 1 aromatic carbocycles. The van der Waals surface area contributed by atoms with Crippen molar-refractivity contribution in [2.45, 2.75) is 57.4 Å². The SMILES string of the molecule is O=c1ccc2cnc(Nc3ccc(N4CCCC(CO)C4)cc3)cc2n1C1CCCCCC1. The largest absolute Gasteiger partial charge is 0.396 e. The van der Waals surface area contributed by atoms with E-state index in [1.165, 1.54) is 31.4 Å². The second-order valence-corrected chi connectivity index (χ2v) is 9.62. The van der Waals surface area contributed by atoms with Gasteiger partial charge in [-0.25, -0.2) is 4.98 Å². The van der Waals surface area contributed by atoms with Gasteiger partial charge in [-0.15, -0.1) is 0 Å². The average Bonchev–Trinajstić information content (AvgIpc) is 3.14. The van der Waals surface area contributed by atoms with Crippen LogP contribution in [-0.2, 0) is 0 Å². The van der Waals surface area contributed by atoms with Gasteiger partial charge in [0.05, 0.1) is 5.52 Å². The van der Waals surface area contributed by atoms with Crippen LogP contribution in [-0.4, -0.2) is 34.4 Å². The lowest BCUT2D eigenvalue weighted by molar-refractivity contribution is 0.209. The molecule has 3 aromatic rings. The summed E-state index contributed by atoms with van der Waals surface area (Å²) < 4.78 is 2.00. The molecule has 174 valence electrons. The predicted octanol–water partition coefficient (Wildman–Crippen LogP) is 5.24. The Morgan fingerprint density at radius 2 is 1.76 bits per heavy atom. The number of pyridine rings is 2. The molecule has 0 spiro atoms. The van der Waals surface area contributed by atoms with Crippen LogP contribution in [0.3, 0.4) is 0 Å². The van der Waals surface area contributed by atoms with Gasteiger partial charge in [-0.2, -0.15) is 0 Å². The summed E-state index contributed by atoms with van der Waals surface area (Å²) in [6.45, 7) is 2.21. The minimum atomic E-state index is 0.0821. The van der Waals surface area contributed by atoms with Crippen LogP contribution >= 0.6 is 0 Å². The van der Waals surface area contributed by atoms with E-state index in [2.05, 4.69) is 39.5 Å². The lowest BCUT2D eigenvalue weighted by Gasteiger charge is -2.33. The Balaban J connectivity index is 1.38. The number of hydrogen-bond acceptors (Lipinski definition) is 5. The maximum atomic E-state index is 12.8. The molecule has 2 aliphatic rings. The molecular formula is C27H34N4O2. The number of nitrogens with one attached hydrogen (secondary N) is 1. The summed E-state index contributed by atoms with van der Waals surface area (Å²) in [5, 5.41) is 13.9. The average molecular weight is 447 g/mol. The highest BCUT2D eigenvalue weighted by molar-refractivity contribution is 5.81. The predicted molar refractivity (Wildman–Crippen MR) is 134 cm³/mol. The number of rotatable bonds is 5. The van der Waals surface area contributed by atoms with Crippen LogP contribution in [0.4, 0.5) is 17.2 Å². The number of fused-ring (bicyclic) bond motifs is 1. The number of hydrogen-bond donors (Lipinski definition) is 2. The van der Waals surface area contributed by atoms with Crippen LogP contribution in [0.1, 0.15) is 57.4 Å². The first-order valence-corrected chi connectivity index (χ1v) is 12.5. The summed E-state index contributed by atoms with van der Waals surface area (Å²) in [6.07, 6.45) is 11.1. The fraction of sp³-hybridized carbons (Fsp3) is 0.481. The number of benzene rings is 1. The van der Waals surface area contributed by atoms with Crippen molar-refractivity contribution in [2.24, 2.45) is 5.92 Å². The molecule has 1 aliphatic heterocycles. The minimum Gasteiger partial charge on any atom is -0.396 e. The van der Waals surface area contributed by atoms with Crippen LogP contribution in [0.25, 0.3) is 10.9 Å². The van der Waals surface area contributed by atoms with E-state index in [4.69, 9.17) is 0 Å². The summed E-state index contributed by atoms with van der Waals surface area (Å²) in [4.78, 5) is 19.8. The number of anilines is 3. The topological polar surface area (TPSA) is 70.4 Å². The molecule has 5 rings (SSSR count). The van der Waals surface area contributed by atoms with E-state index in [9.17, 15) is 9.90 Å². The molecule has 2 fully saturated rings. The van der Waals surface area contributed by atoms with Crippen molar-refractivity contribution in [3.05, 3.63) is 59.0 Å². The minimum absolute atomic E-state index is 0.0821. The van der Waals surface area contributed by atoms with Gasteiger partial charge in [-0.3, -0.25) is 4.79 Å². The number of aliphatic hydroxyl groups is 1. The number of nitrogens with zero attached hydrogens (tertiary/aromatic N) is 3. The van der Waals surface area contributed by atoms with Crippen molar-refractivity contribution in [1.82, 2.24) is 9.55 Å². The van der Waals surface area contributed by atoms with Crippen LogP contribution in [0.15, 0.2) is 53.5 Å². The fourth-order valence-corrected chi connectivity index (χ4v) is 5.47. The number of piperidine rings is 1. The van der Waals surface area contributed by atoms with Crippen LogP contribution < -0.4 is 15.8 Å². The molecule has 1 saturated carbocycles. The Morgan fingerprint density at radius 3 is 2.52 bits per heavy atom. The summed E-state index contributed by atoms with van der Waals surface area (Å²) in [5.41, 5.74) is 3.21. The van der Waals surface area contributed by atoms with Crippen molar-refractivity contribution >= 4 is 28.1 Å². The molecule has 6 nitrogen and oxygen atoms in total. The highest BCUT2D eigenvalue weighted by atomic mass is 16.3. The summed E-state index contributed by atoms with van der Waals surface area (Å²) in [6, 6.07) is 14.3. The molecule has 3 heterocycles. The second-order valence-electron chi connectivity index (χ2n) is 9.62. The molecule has 0 amide bonds. The lowest BCUT2D eigenvalue weighted by atomic mass is 9.98. The Bertz CT molecular complexity index is 1130. The molecular weight excluding hydrogens is 412 g/mol. The standard InChI is InChI=1S/C27H34N4O2/c32-19-20-6-5-15-30(18-20)23-12-10-22(11-13-23)29-26-16-25-21(17-28-26)9-14-27(33)31(25)24-7-3-1-2-4-8-24/h9-14,16-17,20,24,32H,1-8,15,18-19H2,(H,28,29). The summed E-state index contributed by atoms with van der Waals surface area (Å²) in [5.74, 6) is 1.12. The van der Waals surface area contributed by atoms with E-state index in [0.29, 0.717) is 5.92 Å². The molecule has 0 bridgehead atoms.